The molecule has 0 amide bonds. The topological polar surface area (TPSA) is 6.48 Å². The van der Waals surface area contributed by atoms with Crippen LogP contribution in [0.25, 0.3) is 0 Å². The van der Waals surface area contributed by atoms with E-state index < -0.39 is 17.8 Å². The SMILES string of the molecule is C=C(N1CCCCC1)N1CCCC1C(=C)C(F)(F)F. The van der Waals surface area contributed by atoms with Crippen molar-refractivity contribution >= 4 is 0 Å². The van der Waals surface area contributed by atoms with Crippen molar-refractivity contribution in [3.8, 4) is 0 Å². The van der Waals surface area contributed by atoms with Crippen LogP contribution in [-0.4, -0.2) is 41.7 Å². The summed E-state index contributed by atoms with van der Waals surface area (Å²) in [6.07, 6.45) is 0.366. The maximum atomic E-state index is 12.8. The molecule has 0 radical (unpaired) electrons. The van der Waals surface area contributed by atoms with Crippen LogP contribution in [0.4, 0.5) is 13.2 Å². The largest absolute Gasteiger partial charge is 0.414 e. The number of alkyl halides is 3. The van der Waals surface area contributed by atoms with Gasteiger partial charge in [-0.25, -0.2) is 0 Å². The Morgan fingerprint density at radius 3 is 2.16 bits per heavy atom. The Morgan fingerprint density at radius 1 is 0.947 bits per heavy atom. The molecule has 0 aliphatic carbocycles. The summed E-state index contributed by atoms with van der Waals surface area (Å²) < 4.78 is 38.4. The van der Waals surface area contributed by atoms with Crippen LogP contribution in [0.3, 0.4) is 0 Å². The molecule has 19 heavy (non-hydrogen) atoms. The molecule has 2 rings (SSSR count). The first-order valence-electron chi connectivity index (χ1n) is 6.88. The lowest BCUT2D eigenvalue weighted by molar-refractivity contribution is -0.0992. The van der Waals surface area contributed by atoms with Crippen molar-refractivity contribution in [3.05, 3.63) is 24.6 Å². The molecule has 2 aliphatic rings. The third-order valence-corrected chi connectivity index (χ3v) is 4.07. The van der Waals surface area contributed by atoms with E-state index in [1.165, 1.54) is 6.42 Å². The van der Waals surface area contributed by atoms with Gasteiger partial charge in [0.2, 0.25) is 0 Å². The molecule has 108 valence electrons. The summed E-state index contributed by atoms with van der Waals surface area (Å²) in [4.78, 5) is 3.91. The average Bonchev–Trinajstić information content (AvgIpc) is 2.85. The predicted octanol–water partition coefficient (Wildman–Crippen LogP) is 3.53. The molecular formula is C14H21F3N2. The normalized spacial score (nSPS) is 24.7. The zero-order chi connectivity index (χ0) is 14.0. The molecule has 0 aromatic carbocycles. The lowest BCUT2D eigenvalue weighted by Gasteiger charge is -2.39. The quantitative estimate of drug-likeness (QED) is 0.726. The second-order valence-corrected chi connectivity index (χ2v) is 5.34. The molecule has 2 fully saturated rings. The lowest BCUT2D eigenvalue weighted by Crippen LogP contribution is -2.42. The summed E-state index contributed by atoms with van der Waals surface area (Å²) in [6.45, 7) is 9.73. The molecule has 1 unspecified atom stereocenters. The van der Waals surface area contributed by atoms with E-state index in [4.69, 9.17) is 0 Å². The molecule has 2 heterocycles. The van der Waals surface area contributed by atoms with Crippen LogP contribution in [0, 0.1) is 0 Å². The first-order chi connectivity index (χ1) is 8.91. The molecule has 5 heteroatoms. The second kappa shape index (κ2) is 5.47. The highest BCUT2D eigenvalue weighted by atomic mass is 19.4. The third-order valence-electron chi connectivity index (χ3n) is 4.07. The highest BCUT2D eigenvalue weighted by molar-refractivity contribution is 5.18. The van der Waals surface area contributed by atoms with Gasteiger partial charge in [0, 0.05) is 25.2 Å². The van der Waals surface area contributed by atoms with Crippen LogP contribution in [0.15, 0.2) is 24.6 Å². The molecule has 2 aliphatic heterocycles. The fourth-order valence-corrected chi connectivity index (χ4v) is 2.96. The van der Waals surface area contributed by atoms with Crippen molar-refractivity contribution in [2.45, 2.75) is 44.3 Å². The van der Waals surface area contributed by atoms with E-state index in [1.807, 2.05) is 0 Å². The molecule has 0 bridgehead atoms. The minimum atomic E-state index is -4.31. The molecule has 2 nitrogen and oxygen atoms in total. The summed E-state index contributed by atoms with van der Waals surface area (Å²) in [5.74, 6) is 0.743. The van der Waals surface area contributed by atoms with E-state index in [0.29, 0.717) is 13.0 Å². The highest BCUT2D eigenvalue weighted by Gasteiger charge is 2.42. The zero-order valence-corrected chi connectivity index (χ0v) is 11.2. The minimum absolute atomic E-state index is 0.519. The Morgan fingerprint density at radius 2 is 1.58 bits per heavy atom. The maximum Gasteiger partial charge on any atom is 0.414 e. The van der Waals surface area contributed by atoms with E-state index in [-0.39, 0.29) is 0 Å². The van der Waals surface area contributed by atoms with Crippen LogP contribution >= 0.6 is 0 Å². The van der Waals surface area contributed by atoms with Crippen molar-refractivity contribution in [1.82, 2.24) is 9.80 Å². The summed E-state index contributed by atoms with van der Waals surface area (Å²) in [7, 11) is 0. The van der Waals surface area contributed by atoms with Crippen LogP contribution in [0.2, 0.25) is 0 Å². The van der Waals surface area contributed by atoms with Crippen molar-refractivity contribution in [2.75, 3.05) is 19.6 Å². The van der Waals surface area contributed by atoms with Gasteiger partial charge in [-0.05, 0) is 32.1 Å². The zero-order valence-electron chi connectivity index (χ0n) is 11.2. The van der Waals surface area contributed by atoms with Gasteiger partial charge >= 0.3 is 6.18 Å². The molecule has 1 atom stereocenters. The Balaban J connectivity index is 2.05. The van der Waals surface area contributed by atoms with Crippen molar-refractivity contribution in [1.29, 1.82) is 0 Å². The monoisotopic (exact) mass is 274 g/mol. The van der Waals surface area contributed by atoms with Crippen molar-refractivity contribution in [2.24, 2.45) is 0 Å². The van der Waals surface area contributed by atoms with Crippen molar-refractivity contribution in [3.63, 3.8) is 0 Å². The standard InChI is InChI=1S/C14H21F3N2/c1-11(14(15,16)17)13-7-6-10-19(13)12(2)18-8-4-3-5-9-18/h13H,1-10H2. The second-order valence-electron chi connectivity index (χ2n) is 5.34. The average molecular weight is 274 g/mol. The van der Waals surface area contributed by atoms with Gasteiger partial charge in [-0.2, -0.15) is 13.2 Å². The van der Waals surface area contributed by atoms with E-state index >= 15 is 0 Å². The molecule has 0 aromatic rings. The summed E-state index contributed by atoms with van der Waals surface area (Å²) >= 11 is 0. The number of rotatable bonds is 3. The number of nitrogens with zero attached hydrogens (tertiary/aromatic N) is 2. The van der Waals surface area contributed by atoms with Crippen LogP contribution in [0.1, 0.15) is 32.1 Å². The fourth-order valence-electron chi connectivity index (χ4n) is 2.96. The summed E-state index contributed by atoms with van der Waals surface area (Å²) in [5, 5.41) is 0. The summed E-state index contributed by atoms with van der Waals surface area (Å²) in [5.41, 5.74) is -0.636. The Hall–Kier alpha value is -1.13. The Kier molecular flexibility index (Phi) is 4.11. The van der Waals surface area contributed by atoms with Gasteiger partial charge in [-0.3, -0.25) is 0 Å². The molecule has 0 aromatic heterocycles. The maximum absolute atomic E-state index is 12.8. The smallest absolute Gasteiger partial charge is 0.359 e. The molecular weight excluding hydrogens is 253 g/mol. The van der Waals surface area contributed by atoms with Crippen LogP contribution in [-0.2, 0) is 0 Å². The van der Waals surface area contributed by atoms with Gasteiger partial charge in [0.05, 0.1) is 11.9 Å². The van der Waals surface area contributed by atoms with E-state index in [2.05, 4.69) is 18.1 Å². The highest BCUT2D eigenvalue weighted by Crippen LogP contribution is 2.36. The number of hydrogen-bond acceptors (Lipinski definition) is 2. The van der Waals surface area contributed by atoms with Crippen LogP contribution < -0.4 is 0 Å². The van der Waals surface area contributed by atoms with E-state index in [0.717, 1.165) is 38.2 Å². The van der Waals surface area contributed by atoms with Gasteiger partial charge < -0.3 is 9.80 Å². The molecule has 0 N–H and O–H groups in total. The predicted molar refractivity (Wildman–Crippen MR) is 69.5 cm³/mol. The fraction of sp³-hybridized carbons (Fsp3) is 0.714. The third kappa shape index (κ3) is 3.07. The van der Waals surface area contributed by atoms with Gasteiger partial charge in [0.1, 0.15) is 0 Å². The van der Waals surface area contributed by atoms with Crippen molar-refractivity contribution < 1.29 is 13.2 Å². The van der Waals surface area contributed by atoms with Gasteiger partial charge in [-0.1, -0.05) is 13.2 Å². The molecule has 0 saturated carbocycles. The van der Waals surface area contributed by atoms with Gasteiger partial charge in [0.25, 0.3) is 0 Å². The number of halogens is 3. The van der Waals surface area contributed by atoms with Gasteiger partial charge in [0.15, 0.2) is 0 Å². The van der Waals surface area contributed by atoms with Gasteiger partial charge in [-0.15, -0.1) is 0 Å². The first-order valence-corrected chi connectivity index (χ1v) is 6.88. The van der Waals surface area contributed by atoms with Crippen LogP contribution in [0.5, 0.6) is 0 Å². The summed E-state index contributed by atoms with van der Waals surface area (Å²) in [6, 6.07) is -0.630. The minimum Gasteiger partial charge on any atom is -0.359 e. The number of piperidine rings is 1. The van der Waals surface area contributed by atoms with E-state index in [1.54, 1.807) is 4.90 Å². The first kappa shape index (κ1) is 14.3. The Bertz CT molecular complexity index is 356. The lowest BCUT2D eigenvalue weighted by atomic mass is 10.1. The number of hydrogen-bond donors (Lipinski definition) is 0. The number of likely N-dealkylation sites (tertiary alicyclic amines) is 2. The Labute approximate surface area is 112 Å². The molecule has 0 spiro atoms. The molecule has 2 saturated heterocycles. The van der Waals surface area contributed by atoms with E-state index in [9.17, 15) is 13.2 Å².